The van der Waals surface area contributed by atoms with E-state index in [9.17, 15) is 4.79 Å². The fourth-order valence-corrected chi connectivity index (χ4v) is 4.50. The molecule has 5 rings (SSSR count). The highest BCUT2D eigenvalue weighted by Gasteiger charge is 2.11. The van der Waals surface area contributed by atoms with E-state index in [2.05, 4.69) is 25.9 Å². The maximum absolute atomic E-state index is 12.5. The molecule has 168 valence electrons. The molecule has 2 heterocycles. The highest BCUT2D eigenvalue weighted by molar-refractivity contribution is 7.80. The van der Waals surface area contributed by atoms with Gasteiger partial charge in [-0.3, -0.25) is 10.1 Å². The van der Waals surface area contributed by atoms with Crippen molar-refractivity contribution in [2.45, 2.75) is 13.5 Å². The zero-order valence-corrected chi connectivity index (χ0v) is 19.9. The number of aromatic nitrogens is 4. The van der Waals surface area contributed by atoms with Gasteiger partial charge in [-0.05, 0) is 48.0 Å². The molecule has 0 radical (unpaired) electrons. The second kappa shape index (κ2) is 9.50. The molecule has 0 spiro atoms. The number of fused-ring (bicyclic) bond motifs is 1. The van der Waals surface area contributed by atoms with E-state index in [1.54, 1.807) is 16.6 Å². The summed E-state index contributed by atoms with van der Waals surface area (Å²) < 4.78 is 1.74. The summed E-state index contributed by atoms with van der Waals surface area (Å²) in [6.45, 7) is 2.37. The minimum absolute atomic E-state index is 0.244. The molecule has 3 aromatic carbocycles. The molecule has 0 bridgehead atoms. The first-order valence-electron chi connectivity index (χ1n) is 10.6. The van der Waals surface area contributed by atoms with Crippen molar-refractivity contribution in [1.29, 1.82) is 0 Å². The largest absolute Gasteiger partial charge is 0.358 e. The number of nitrogens with zero attached hydrogens (tertiary/aromatic N) is 4. The molecular weight excluding hydrogens is 464 g/mol. The van der Waals surface area contributed by atoms with E-state index >= 15 is 0 Å². The molecule has 7 nitrogen and oxygen atoms in total. The smallest absolute Gasteiger partial charge is 0.257 e. The lowest BCUT2D eigenvalue weighted by Gasteiger charge is -2.10. The SMILES string of the molecule is Cc1nnc2sc(-c3ccc(CNC(=S)NC(=O)c4ccc(-c5ccccc5)cc4)cc3)nn12. The van der Waals surface area contributed by atoms with Crippen LogP contribution < -0.4 is 10.6 Å². The molecule has 2 aromatic heterocycles. The lowest BCUT2D eigenvalue weighted by Crippen LogP contribution is -2.38. The molecule has 0 atom stereocenters. The maximum atomic E-state index is 12.5. The predicted molar refractivity (Wildman–Crippen MR) is 138 cm³/mol. The Labute approximate surface area is 205 Å². The third-order valence-electron chi connectivity index (χ3n) is 5.28. The summed E-state index contributed by atoms with van der Waals surface area (Å²) in [5.41, 5.74) is 4.75. The summed E-state index contributed by atoms with van der Waals surface area (Å²) >= 11 is 6.80. The fraction of sp³-hybridized carbons (Fsp3) is 0.0800. The molecule has 0 saturated carbocycles. The number of nitrogens with one attached hydrogen (secondary N) is 2. The van der Waals surface area contributed by atoms with Crippen molar-refractivity contribution in [2.75, 3.05) is 0 Å². The second-order valence-corrected chi connectivity index (χ2v) is 8.99. The van der Waals surface area contributed by atoms with Gasteiger partial charge in [0.15, 0.2) is 10.9 Å². The average Bonchev–Trinajstić information content (AvgIpc) is 3.45. The number of carbonyl (C=O) groups is 1. The van der Waals surface area contributed by atoms with Crippen molar-refractivity contribution < 1.29 is 4.79 Å². The van der Waals surface area contributed by atoms with Gasteiger partial charge in [0.2, 0.25) is 4.96 Å². The van der Waals surface area contributed by atoms with E-state index in [1.807, 2.05) is 73.7 Å². The Bertz CT molecular complexity index is 1460. The van der Waals surface area contributed by atoms with E-state index in [0.29, 0.717) is 12.1 Å². The Hall–Kier alpha value is -3.95. The van der Waals surface area contributed by atoms with Gasteiger partial charge in [0, 0.05) is 17.7 Å². The van der Waals surface area contributed by atoms with Crippen LogP contribution in [0.1, 0.15) is 21.7 Å². The summed E-state index contributed by atoms with van der Waals surface area (Å²) in [7, 11) is 0. The standard InChI is InChI=1S/C25H20N6OS2/c1-16-28-29-25-31(16)30-23(34-25)21-9-7-17(8-10-21)15-26-24(33)27-22(32)20-13-11-19(12-14-20)18-5-3-2-4-6-18/h2-14H,15H2,1H3,(H2,26,27,32,33). The van der Waals surface area contributed by atoms with Gasteiger partial charge in [-0.25, -0.2) is 0 Å². The van der Waals surface area contributed by atoms with Crippen LogP contribution in [0.2, 0.25) is 0 Å². The van der Waals surface area contributed by atoms with Crippen LogP contribution in [-0.2, 0) is 6.54 Å². The first-order chi connectivity index (χ1) is 16.6. The van der Waals surface area contributed by atoms with Crippen LogP contribution in [0, 0.1) is 6.92 Å². The summed E-state index contributed by atoms with van der Waals surface area (Å²) in [5.74, 6) is 0.520. The summed E-state index contributed by atoms with van der Waals surface area (Å²) in [6.07, 6.45) is 0. The van der Waals surface area contributed by atoms with Crippen LogP contribution >= 0.6 is 23.6 Å². The zero-order chi connectivity index (χ0) is 23.5. The van der Waals surface area contributed by atoms with Crippen LogP contribution in [-0.4, -0.2) is 30.8 Å². The van der Waals surface area contributed by atoms with Gasteiger partial charge >= 0.3 is 0 Å². The number of thiocarbonyl (C=S) groups is 1. The molecular formula is C25H20N6OS2. The molecule has 0 aliphatic rings. The minimum Gasteiger partial charge on any atom is -0.358 e. The first-order valence-corrected chi connectivity index (χ1v) is 11.8. The van der Waals surface area contributed by atoms with Crippen molar-refractivity contribution >= 4 is 39.5 Å². The van der Waals surface area contributed by atoms with Crippen LogP contribution in [0.15, 0.2) is 78.9 Å². The molecule has 0 aliphatic carbocycles. The molecule has 0 aliphatic heterocycles. The van der Waals surface area contributed by atoms with E-state index in [0.717, 1.165) is 38.0 Å². The first kappa shape index (κ1) is 21.9. The number of carbonyl (C=O) groups excluding carboxylic acids is 1. The Morgan fingerprint density at radius 1 is 0.912 bits per heavy atom. The highest BCUT2D eigenvalue weighted by atomic mass is 32.1. The summed E-state index contributed by atoms with van der Waals surface area (Å²) in [5, 5.41) is 19.7. The van der Waals surface area contributed by atoms with Gasteiger partial charge in [0.1, 0.15) is 5.01 Å². The number of rotatable bonds is 5. The van der Waals surface area contributed by atoms with Gasteiger partial charge < -0.3 is 5.32 Å². The Balaban J connectivity index is 1.15. The van der Waals surface area contributed by atoms with Crippen molar-refractivity contribution in [2.24, 2.45) is 0 Å². The van der Waals surface area contributed by atoms with Crippen molar-refractivity contribution in [3.05, 3.63) is 95.8 Å². The fourth-order valence-electron chi connectivity index (χ4n) is 3.44. The Morgan fingerprint density at radius 3 is 2.29 bits per heavy atom. The van der Waals surface area contributed by atoms with E-state index in [-0.39, 0.29) is 11.0 Å². The molecule has 5 aromatic rings. The number of aryl methyl sites for hydroxylation is 1. The zero-order valence-electron chi connectivity index (χ0n) is 18.2. The van der Waals surface area contributed by atoms with Crippen molar-refractivity contribution in [1.82, 2.24) is 30.4 Å². The third-order valence-corrected chi connectivity index (χ3v) is 6.48. The molecule has 0 saturated heterocycles. The van der Waals surface area contributed by atoms with Gasteiger partial charge in [0.25, 0.3) is 5.91 Å². The topological polar surface area (TPSA) is 84.2 Å². The molecule has 0 unspecified atom stereocenters. The predicted octanol–water partition coefficient (Wildman–Crippen LogP) is 4.63. The quantitative estimate of drug-likeness (QED) is 0.354. The molecule has 0 fully saturated rings. The number of hydrogen-bond acceptors (Lipinski definition) is 6. The van der Waals surface area contributed by atoms with Gasteiger partial charge in [-0.1, -0.05) is 78.1 Å². The van der Waals surface area contributed by atoms with Crippen LogP contribution in [0.25, 0.3) is 26.7 Å². The molecule has 2 N–H and O–H groups in total. The average molecular weight is 485 g/mol. The van der Waals surface area contributed by atoms with Crippen molar-refractivity contribution in [3.63, 3.8) is 0 Å². The van der Waals surface area contributed by atoms with Crippen LogP contribution in [0.4, 0.5) is 0 Å². The van der Waals surface area contributed by atoms with Gasteiger partial charge in [0.05, 0.1) is 0 Å². The van der Waals surface area contributed by atoms with Crippen molar-refractivity contribution in [3.8, 4) is 21.7 Å². The van der Waals surface area contributed by atoms with Crippen LogP contribution in [0.3, 0.4) is 0 Å². The Kier molecular flexibility index (Phi) is 6.11. The lowest BCUT2D eigenvalue weighted by atomic mass is 10.0. The van der Waals surface area contributed by atoms with E-state index < -0.39 is 0 Å². The summed E-state index contributed by atoms with van der Waals surface area (Å²) in [4.78, 5) is 13.3. The maximum Gasteiger partial charge on any atom is 0.257 e. The number of hydrogen-bond donors (Lipinski definition) is 2. The molecule has 9 heteroatoms. The number of amides is 1. The Morgan fingerprint density at radius 2 is 1.59 bits per heavy atom. The lowest BCUT2D eigenvalue weighted by molar-refractivity contribution is 0.0976. The highest BCUT2D eigenvalue weighted by Crippen LogP contribution is 2.25. The van der Waals surface area contributed by atoms with Gasteiger partial charge in [-0.2, -0.15) is 9.61 Å². The van der Waals surface area contributed by atoms with Gasteiger partial charge in [-0.15, -0.1) is 10.2 Å². The van der Waals surface area contributed by atoms with E-state index in [1.165, 1.54) is 11.3 Å². The number of benzene rings is 3. The monoisotopic (exact) mass is 484 g/mol. The second-order valence-electron chi connectivity index (χ2n) is 7.63. The van der Waals surface area contributed by atoms with E-state index in [4.69, 9.17) is 12.2 Å². The third kappa shape index (κ3) is 4.70. The minimum atomic E-state index is -0.244. The summed E-state index contributed by atoms with van der Waals surface area (Å²) in [6, 6.07) is 25.5. The normalized spacial score (nSPS) is 10.9. The molecule has 1 amide bonds. The van der Waals surface area contributed by atoms with Crippen LogP contribution in [0.5, 0.6) is 0 Å². The molecule has 34 heavy (non-hydrogen) atoms.